The van der Waals surface area contributed by atoms with Crippen molar-refractivity contribution in [2.24, 2.45) is 0 Å². The van der Waals surface area contributed by atoms with Crippen LogP contribution in [0, 0.1) is 23.2 Å². The molecule has 2 rings (SSSR count). The second-order valence-electron chi connectivity index (χ2n) is 4.91. The standard InChI is InChI=1S/C19H18N2O/c20-15-18-10-8-17(9-11-18)7-4-12-21(13-14-22)16-19-5-2-1-3-6-19/h1-3,5-6,8-11,22H,12-14,16H2. The zero-order chi connectivity index (χ0) is 15.6. The lowest BCUT2D eigenvalue weighted by molar-refractivity contribution is 0.205. The van der Waals surface area contributed by atoms with Gasteiger partial charge < -0.3 is 5.11 Å². The Kier molecular flexibility index (Phi) is 6.20. The van der Waals surface area contributed by atoms with Gasteiger partial charge in [0, 0.05) is 18.7 Å². The lowest BCUT2D eigenvalue weighted by Crippen LogP contribution is -2.26. The number of hydrogen-bond donors (Lipinski definition) is 1. The molecule has 0 saturated heterocycles. The number of aliphatic hydroxyl groups is 1. The van der Waals surface area contributed by atoms with Crippen LogP contribution >= 0.6 is 0 Å². The molecule has 0 heterocycles. The summed E-state index contributed by atoms with van der Waals surface area (Å²) in [5.74, 6) is 6.21. The third-order valence-electron chi connectivity index (χ3n) is 3.21. The first-order valence-electron chi connectivity index (χ1n) is 7.18. The fourth-order valence-electron chi connectivity index (χ4n) is 2.08. The van der Waals surface area contributed by atoms with E-state index < -0.39 is 0 Å². The van der Waals surface area contributed by atoms with Crippen LogP contribution in [-0.2, 0) is 6.54 Å². The van der Waals surface area contributed by atoms with E-state index >= 15 is 0 Å². The molecule has 0 amide bonds. The molecule has 0 atom stereocenters. The maximum absolute atomic E-state index is 9.17. The highest BCUT2D eigenvalue weighted by atomic mass is 16.3. The Morgan fingerprint density at radius 3 is 2.27 bits per heavy atom. The second-order valence-corrected chi connectivity index (χ2v) is 4.91. The number of nitriles is 1. The van der Waals surface area contributed by atoms with Gasteiger partial charge >= 0.3 is 0 Å². The van der Waals surface area contributed by atoms with Crippen molar-refractivity contribution in [3.05, 3.63) is 71.3 Å². The van der Waals surface area contributed by atoms with Crippen molar-refractivity contribution in [3.63, 3.8) is 0 Å². The third kappa shape index (κ3) is 5.07. The van der Waals surface area contributed by atoms with Gasteiger partial charge in [0.1, 0.15) is 0 Å². The number of nitrogens with zero attached hydrogens (tertiary/aromatic N) is 2. The smallest absolute Gasteiger partial charge is 0.0991 e. The minimum absolute atomic E-state index is 0.116. The molecule has 0 aliphatic heterocycles. The summed E-state index contributed by atoms with van der Waals surface area (Å²) in [6.07, 6.45) is 0. The topological polar surface area (TPSA) is 47.3 Å². The van der Waals surface area contributed by atoms with Crippen LogP contribution in [0.5, 0.6) is 0 Å². The molecule has 110 valence electrons. The van der Waals surface area contributed by atoms with Crippen molar-refractivity contribution in [1.29, 1.82) is 5.26 Å². The maximum Gasteiger partial charge on any atom is 0.0991 e. The normalized spacial score (nSPS) is 9.86. The summed E-state index contributed by atoms with van der Waals surface area (Å²) in [6, 6.07) is 19.5. The summed E-state index contributed by atoms with van der Waals surface area (Å²) in [4.78, 5) is 2.10. The molecule has 3 nitrogen and oxygen atoms in total. The lowest BCUT2D eigenvalue weighted by atomic mass is 10.1. The van der Waals surface area contributed by atoms with Crippen LogP contribution in [0.1, 0.15) is 16.7 Å². The first-order valence-corrected chi connectivity index (χ1v) is 7.18. The maximum atomic E-state index is 9.17. The number of benzene rings is 2. The van der Waals surface area contributed by atoms with E-state index in [9.17, 15) is 0 Å². The average molecular weight is 290 g/mol. The Labute approximate surface area is 131 Å². The van der Waals surface area contributed by atoms with E-state index in [4.69, 9.17) is 10.4 Å². The molecule has 0 fully saturated rings. The van der Waals surface area contributed by atoms with Gasteiger partial charge in [-0.2, -0.15) is 5.26 Å². The molecule has 3 heteroatoms. The molecule has 0 radical (unpaired) electrons. The van der Waals surface area contributed by atoms with E-state index in [2.05, 4.69) is 34.9 Å². The molecular weight excluding hydrogens is 272 g/mol. The highest BCUT2D eigenvalue weighted by Crippen LogP contribution is 2.04. The predicted molar refractivity (Wildman–Crippen MR) is 86.8 cm³/mol. The van der Waals surface area contributed by atoms with Crippen LogP contribution in [0.25, 0.3) is 0 Å². The van der Waals surface area contributed by atoms with Gasteiger partial charge in [0.05, 0.1) is 24.8 Å². The first-order chi connectivity index (χ1) is 10.8. The van der Waals surface area contributed by atoms with Gasteiger partial charge in [-0.25, -0.2) is 0 Å². The van der Waals surface area contributed by atoms with Crippen molar-refractivity contribution in [2.45, 2.75) is 6.54 Å². The van der Waals surface area contributed by atoms with Gasteiger partial charge in [-0.15, -0.1) is 0 Å². The molecule has 2 aromatic carbocycles. The fraction of sp³-hybridized carbons (Fsp3) is 0.211. The van der Waals surface area contributed by atoms with Crippen molar-refractivity contribution in [2.75, 3.05) is 19.7 Å². The molecular formula is C19H18N2O. The van der Waals surface area contributed by atoms with Gasteiger partial charge in [0.2, 0.25) is 0 Å². The van der Waals surface area contributed by atoms with Crippen molar-refractivity contribution in [1.82, 2.24) is 4.90 Å². The fourth-order valence-corrected chi connectivity index (χ4v) is 2.08. The first kappa shape index (κ1) is 15.8. The Morgan fingerprint density at radius 2 is 1.64 bits per heavy atom. The van der Waals surface area contributed by atoms with Crippen molar-refractivity contribution >= 4 is 0 Å². The molecule has 0 aliphatic rings. The lowest BCUT2D eigenvalue weighted by Gasteiger charge is -2.18. The Balaban J connectivity index is 1.96. The molecule has 0 bridgehead atoms. The van der Waals surface area contributed by atoms with Crippen LogP contribution < -0.4 is 0 Å². The minimum Gasteiger partial charge on any atom is -0.395 e. The van der Waals surface area contributed by atoms with Gasteiger partial charge in [-0.3, -0.25) is 4.90 Å². The average Bonchev–Trinajstić information content (AvgIpc) is 2.56. The molecule has 0 aliphatic carbocycles. The van der Waals surface area contributed by atoms with Gasteiger partial charge in [0.25, 0.3) is 0 Å². The summed E-state index contributed by atoms with van der Waals surface area (Å²) < 4.78 is 0. The molecule has 22 heavy (non-hydrogen) atoms. The number of rotatable bonds is 5. The van der Waals surface area contributed by atoms with E-state index in [1.54, 1.807) is 12.1 Å². The van der Waals surface area contributed by atoms with E-state index in [-0.39, 0.29) is 6.61 Å². The van der Waals surface area contributed by atoms with Crippen LogP contribution in [0.3, 0.4) is 0 Å². The van der Waals surface area contributed by atoms with Crippen LogP contribution in [0.2, 0.25) is 0 Å². The van der Waals surface area contributed by atoms with Crippen molar-refractivity contribution < 1.29 is 5.11 Å². The van der Waals surface area contributed by atoms with E-state index in [0.717, 1.165) is 12.1 Å². The van der Waals surface area contributed by atoms with Gasteiger partial charge in [-0.1, -0.05) is 42.2 Å². The number of hydrogen-bond acceptors (Lipinski definition) is 3. The summed E-state index contributed by atoms with van der Waals surface area (Å²) in [5, 5.41) is 17.9. The molecule has 0 unspecified atom stereocenters. The predicted octanol–water partition coefficient (Wildman–Crippen LogP) is 2.40. The molecule has 2 aromatic rings. The monoisotopic (exact) mass is 290 g/mol. The zero-order valence-corrected chi connectivity index (χ0v) is 12.4. The second kappa shape index (κ2) is 8.64. The third-order valence-corrected chi connectivity index (χ3v) is 3.21. The van der Waals surface area contributed by atoms with E-state index in [0.29, 0.717) is 18.7 Å². The van der Waals surface area contributed by atoms with Gasteiger partial charge in [-0.05, 0) is 29.8 Å². The molecule has 0 aromatic heterocycles. The number of aliphatic hydroxyl groups excluding tert-OH is 1. The molecule has 0 saturated carbocycles. The largest absolute Gasteiger partial charge is 0.395 e. The Hall–Kier alpha value is -2.59. The Bertz CT molecular complexity index is 675. The highest BCUT2D eigenvalue weighted by molar-refractivity contribution is 5.39. The minimum atomic E-state index is 0.116. The summed E-state index contributed by atoms with van der Waals surface area (Å²) in [5.41, 5.74) is 2.73. The SMILES string of the molecule is N#Cc1ccc(C#CCN(CCO)Cc2ccccc2)cc1. The van der Waals surface area contributed by atoms with Crippen LogP contribution in [0.4, 0.5) is 0 Å². The van der Waals surface area contributed by atoms with Crippen LogP contribution in [0.15, 0.2) is 54.6 Å². The highest BCUT2D eigenvalue weighted by Gasteiger charge is 2.03. The van der Waals surface area contributed by atoms with Crippen LogP contribution in [-0.4, -0.2) is 29.7 Å². The van der Waals surface area contributed by atoms with E-state index in [1.165, 1.54) is 5.56 Å². The summed E-state index contributed by atoms with van der Waals surface area (Å²) in [7, 11) is 0. The van der Waals surface area contributed by atoms with E-state index in [1.807, 2.05) is 30.3 Å². The summed E-state index contributed by atoms with van der Waals surface area (Å²) in [6.45, 7) is 2.07. The molecule has 1 N–H and O–H groups in total. The zero-order valence-electron chi connectivity index (χ0n) is 12.4. The quantitative estimate of drug-likeness (QED) is 0.860. The van der Waals surface area contributed by atoms with Gasteiger partial charge in [0.15, 0.2) is 0 Å². The summed E-state index contributed by atoms with van der Waals surface area (Å²) >= 11 is 0. The van der Waals surface area contributed by atoms with Crippen molar-refractivity contribution in [3.8, 4) is 17.9 Å². The Morgan fingerprint density at radius 1 is 0.955 bits per heavy atom. The molecule has 0 spiro atoms.